The third kappa shape index (κ3) is 3.92. The molecule has 22 heavy (non-hydrogen) atoms. The number of hydrogen-bond donors (Lipinski definition) is 2. The van der Waals surface area contributed by atoms with Crippen molar-refractivity contribution in [2.45, 2.75) is 32.7 Å². The molecule has 0 aromatic carbocycles. The summed E-state index contributed by atoms with van der Waals surface area (Å²) in [5, 5.41) is 11.2. The van der Waals surface area contributed by atoms with Crippen molar-refractivity contribution >= 4 is 17.2 Å². The highest BCUT2D eigenvalue weighted by atomic mass is 32.1. The maximum Gasteiger partial charge on any atom is 0.241 e. The number of carbonyl (C=O) groups excluding carboxylic acids is 1. The highest BCUT2D eigenvalue weighted by Gasteiger charge is 2.19. The molecule has 2 aromatic rings. The average molecular weight is 321 g/mol. The van der Waals surface area contributed by atoms with Crippen LogP contribution in [0.15, 0.2) is 12.4 Å². The van der Waals surface area contributed by atoms with E-state index < -0.39 is 0 Å². The lowest BCUT2D eigenvalue weighted by atomic mass is 10.1. The van der Waals surface area contributed by atoms with Crippen LogP contribution in [0, 0.1) is 6.92 Å². The van der Waals surface area contributed by atoms with Crippen molar-refractivity contribution in [1.82, 2.24) is 25.4 Å². The molecule has 2 heterocycles. The summed E-state index contributed by atoms with van der Waals surface area (Å²) in [6, 6.07) is -0.377. The zero-order valence-electron chi connectivity index (χ0n) is 13.5. The average Bonchev–Trinajstić information content (AvgIpc) is 3.06. The second kappa shape index (κ2) is 7.51. The third-order valence-electron chi connectivity index (χ3n) is 3.52. The van der Waals surface area contributed by atoms with Crippen LogP contribution >= 0.6 is 11.3 Å². The lowest BCUT2D eigenvalue weighted by Gasteiger charge is -2.14. The van der Waals surface area contributed by atoms with Crippen molar-refractivity contribution in [2.24, 2.45) is 7.05 Å². The minimum absolute atomic E-state index is 0.0421. The summed E-state index contributed by atoms with van der Waals surface area (Å²) in [7, 11) is 3.61. The topological polar surface area (TPSA) is 71.8 Å². The Morgan fingerprint density at radius 1 is 1.50 bits per heavy atom. The van der Waals surface area contributed by atoms with Crippen LogP contribution in [0.5, 0.6) is 0 Å². The van der Waals surface area contributed by atoms with Gasteiger partial charge in [-0.05, 0) is 20.4 Å². The van der Waals surface area contributed by atoms with Gasteiger partial charge in [-0.15, -0.1) is 11.3 Å². The predicted octanol–water partition coefficient (Wildman–Crippen LogP) is 1.37. The molecule has 1 atom stereocenters. The Bertz CT molecular complexity index is 634. The summed E-state index contributed by atoms with van der Waals surface area (Å²) in [4.78, 5) is 18.1. The van der Waals surface area contributed by atoms with Gasteiger partial charge in [-0.1, -0.05) is 6.92 Å². The van der Waals surface area contributed by atoms with E-state index in [1.165, 1.54) is 4.88 Å². The van der Waals surface area contributed by atoms with Crippen LogP contribution in [0.1, 0.15) is 34.1 Å². The van der Waals surface area contributed by atoms with Gasteiger partial charge in [0.25, 0.3) is 0 Å². The van der Waals surface area contributed by atoms with Gasteiger partial charge in [0.1, 0.15) is 6.04 Å². The zero-order chi connectivity index (χ0) is 16.1. The fourth-order valence-corrected chi connectivity index (χ4v) is 3.38. The van der Waals surface area contributed by atoms with E-state index in [0.717, 1.165) is 29.1 Å². The fourth-order valence-electron chi connectivity index (χ4n) is 2.36. The standard InChI is InChI=1S/C15H23N5OS/c1-5-12-10(2)22-13(19-12)6-7-17-15(21)14(16-3)11-8-18-20(4)9-11/h8-9,14,16H,5-7H2,1-4H3,(H,17,21). The molecule has 1 unspecified atom stereocenters. The van der Waals surface area contributed by atoms with Crippen LogP contribution < -0.4 is 10.6 Å². The van der Waals surface area contributed by atoms with Gasteiger partial charge in [-0.25, -0.2) is 4.98 Å². The van der Waals surface area contributed by atoms with Crippen molar-refractivity contribution in [2.75, 3.05) is 13.6 Å². The van der Waals surface area contributed by atoms with Crippen LogP contribution in [-0.4, -0.2) is 34.3 Å². The molecule has 0 radical (unpaired) electrons. The van der Waals surface area contributed by atoms with E-state index in [9.17, 15) is 4.79 Å². The number of rotatable bonds is 7. The van der Waals surface area contributed by atoms with E-state index in [4.69, 9.17) is 0 Å². The number of amides is 1. The molecule has 0 spiro atoms. The summed E-state index contributed by atoms with van der Waals surface area (Å²) in [5.74, 6) is -0.0421. The Balaban J connectivity index is 1.88. The molecule has 2 aromatic heterocycles. The molecule has 6 nitrogen and oxygen atoms in total. The summed E-state index contributed by atoms with van der Waals surface area (Å²) in [5.41, 5.74) is 2.02. The molecule has 0 saturated heterocycles. The second-order valence-corrected chi connectivity index (χ2v) is 6.46. The van der Waals surface area contributed by atoms with Crippen molar-refractivity contribution in [1.29, 1.82) is 0 Å². The fraction of sp³-hybridized carbons (Fsp3) is 0.533. The number of aryl methyl sites for hydroxylation is 3. The van der Waals surface area contributed by atoms with E-state index in [1.807, 2.05) is 13.2 Å². The normalized spacial score (nSPS) is 12.4. The van der Waals surface area contributed by atoms with E-state index in [-0.39, 0.29) is 11.9 Å². The number of aromatic nitrogens is 3. The predicted molar refractivity (Wildman–Crippen MR) is 88.0 cm³/mol. The van der Waals surface area contributed by atoms with Crippen LogP contribution in [0.3, 0.4) is 0 Å². The molecule has 0 bridgehead atoms. The van der Waals surface area contributed by atoms with Crippen molar-refractivity contribution in [3.63, 3.8) is 0 Å². The van der Waals surface area contributed by atoms with Gasteiger partial charge in [0.2, 0.25) is 5.91 Å². The largest absolute Gasteiger partial charge is 0.354 e. The van der Waals surface area contributed by atoms with Crippen molar-refractivity contribution < 1.29 is 4.79 Å². The molecule has 0 aliphatic carbocycles. The number of nitrogens with zero attached hydrogens (tertiary/aromatic N) is 3. The summed E-state index contributed by atoms with van der Waals surface area (Å²) < 4.78 is 1.69. The van der Waals surface area contributed by atoms with E-state index in [2.05, 4.69) is 34.6 Å². The van der Waals surface area contributed by atoms with E-state index in [0.29, 0.717) is 6.54 Å². The number of likely N-dealkylation sites (N-methyl/N-ethyl adjacent to an activating group) is 1. The summed E-state index contributed by atoms with van der Waals surface area (Å²) in [6.45, 7) is 4.80. The number of nitrogens with one attached hydrogen (secondary N) is 2. The van der Waals surface area contributed by atoms with Crippen LogP contribution in [0.4, 0.5) is 0 Å². The first-order valence-corrected chi connectivity index (χ1v) is 8.25. The van der Waals surface area contributed by atoms with E-state index >= 15 is 0 Å². The number of hydrogen-bond acceptors (Lipinski definition) is 5. The minimum atomic E-state index is -0.377. The minimum Gasteiger partial charge on any atom is -0.354 e. The van der Waals surface area contributed by atoms with Gasteiger partial charge in [-0.3, -0.25) is 9.48 Å². The molecule has 0 aliphatic rings. The molecule has 0 aliphatic heterocycles. The van der Waals surface area contributed by atoms with Crippen LogP contribution in [0.2, 0.25) is 0 Å². The van der Waals surface area contributed by atoms with Crippen molar-refractivity contribution in [3.05, 3.63) is 33.5 Å². The highest BCUT2D eigenvalue weighted by molar-refractivity contribution is 7.11. The molecular weight excluding hydrogens is 298 g/mol. The quantitative estimate of drug-likeness (QED) is 0.808. The van der Waals surface area contributed by atoms with Crippen molar-refractivity contribution in [3.8, 4) is 0 Å². The molecule has 7 heteroatoms. The lowest BCUT2D eigenvalue weighted by Crippen LogP contribution is -2.36. The SMILES string of the molecule is CCc1nc(CCNC(=O)C(NC)c2cnn(C)c2)sc1C. The van der Waals surface area contributed by atoms with Gasteiger partial charge >= 0.3 is 0 Å². The third-order valence-corrected chi connectivity index (χ3v) is 4.59. The highest BCUT2D eigenvalue weighted by Crippen LogP contribution is 2.18. The Hall–Kier alpha value is -1.73. The zero-order valence-corrected chi connectivity index (χ0v) is 14.3. The monoisotopic (exact) mass is 321 g/mol. The van der Waals surface area contributed by atoms with Gasteiger partial charge in [0.05, 0.1) is 16.9 Å². The number of thiazole rings is 1. The summed E-state index contributed by atoms with van der Waals surface area (Å²) >= 11 is 1.71. The molecule has 0 saturated carbocycles. The Morgan fingerprint density at radius 3 is 2.82 bits per heavy atom. The maximum atomic E-state index is 12.3. The second-order valence-electron chi connectivity index (χ2n) is 5.17. The molecule has 0 fully saturated rings. The Morgan fingerprint density at radius 2 is 2.27 bits per heavy atom. The molecular formula is C15H23N5OS. The van der Waals surface area contributed by atoms with Gasteiger partial charge < -0.3 is 10.6 Å². The first kappa shape index (κ1) is 16.6. The van der Waals surface area contributed by atoms with Gasteiger partial charge in [0.15, 0.2) is 0 Å². The number of carbonyl (C=O) groups is 1. The van der Waals surface area contributed by atoms with E-state index in [1.54, 1.807) is 29.3 Å². The Labute approximate surface area is 135 Å². The first-order chi connectivity index (χ1) is 10.5. The molecule has 2 rings (SSSR count). The first-order valence-electron chi connectivity index (χ1n) is 7.43. The molecule has 120 valence electrons. The van der Waals surface area contributed by atoms with Gasteiger partial charge in [0, 0.05) is 36.7 Å². The lowest BCUT2D eigenvalue weighted by molar-refractivity contribution is -0.123. The maximum absolute atomic E-state index is 12.3. The summed E-state index contributed by atoms with van der Waals surface area (Å²) in [6.07, 6.45) is 5.27. The smallest absolute Gasteiger partial charge is 0.241 e. The molecule has 2 N–H and O–H groups in total. The van der Waals surface area contributed by atoms with Crippen LogP contribution in [-0.2, 0) is 24.7 Å². The van der Waals surface area contributed by atoms with Gasteiger partial charge in [-0.2, -0.15) is 5.10 Å². The van der Waals surface area contributed by atoms with Crippen LogP contribution in [0.25, 0.3) is 0 Å². The Kier molecular flexibility index (Phi) is 5.68. The molecule has 1 amide bonds.